The second kappa shape index (κ2) is 2.51. The van der Waals surface area contributed by atoms with Gasteiger partial charge in [-0.15, -0.1) is 0 Å². The lowest BCUT2D eigenvalue weighted by molar-refractivity contribution is 1.14. The summed E-state index contributed by atoms with van der Waals surface area (Å²) < 4.78 is 1.79. The molecule has 0 spiro atoms. The molecule has 0 saturated carbocycles. The van der Waals surface area contributed by atoms with Gasteiger partial charge in [-0.2, -0.15) is 4.98 Å². The largest absolute Gasteiger partial charge is 0.369 e. The van der Waals surface area contributed by atoms with Gasteiger partial charge in [0.05, 0.1) is 29.5 Å². The number of aromatic nitrogens is 2. The normalized spacial score (nSPS) is 14.2. The Kier molecular flexibility index (Phi) is 1.60. The van der Waals surface area contributed by atoms with E-state index in [4.69, 9.17) is 5.73 Å². The third kappa shape index (κ3) is 1.00. The van der Waals surface area contributed by atoms with E-state index in [9.17, 15) is 4.79 Å². The van der Waals surface area contributed by atoms with Gasteiger partial charge >= 0.3 is 0 Å². The van der Waals surface area contributed by atoms with Crippen molar-refractivity contribution in [1.29, 1.82) is 0 Å². The number of nitrogens with one attached hydrogen (secondary N) is 2. The van der Waals surface area contributed by atoms with Gasteiger partial charge in [0.15, 0.2) is 5.82 Å². The minimum atomic E-state index is -0.225. The summed E-state index contributed by atoms with van der Waals surface area (Å²) in [5, 5.41) is 2.90. The van der Waals surface area contributed by atoms with E-state index in [2.05, 4.69) is 38.1 Å². The number of H-pyrrole nitrogens is 1. The minimum absolute atomic E-state index is 0.143. The zero-order chi connectivity index (χ0) is 8.72. The van der Waals surface area contributed by atoms with Crippen molar-refractivity contribution < 1.29 is 0 Å². The molecule has 1 aromatic rings. The second-order valence-corrected chi connectivity index (χ2v) is 3.51. The molecular weight excluding hydrogens is 273 g/mol. The molecule has 0 atom stereocenters. The summed E-state index contributed by atoms with van der Waals surface area (Å²) in [6, 6.07) is 0. The minimum Gasteiger partial charge on any atom is -0.369 e. The van der Waals surface area contributed by atoms with Gasteiger partial charge in [0, 0.05) is 0 Å². The van der Waals surface area contributed by atoms with Crippen LogP contribution < -0.4 is 19.7 Å². The lowest BCUT2D eigenvalue weighted by atomic mass is 10.5. The Bertz CT molecular complexity index is 375. The monoisotopic (exact) mass is 279 g/mol. The summed E-state index contributed by atoms with van der Waals surface area (Å²) in [6.07, 6.45) is 0. The van der Waals surface area contributed by atoms with Crippen molar-refractivity contribution in [3.63, 3.8) is 0 Å². The van der Waals surface area contributed by atoms with E-state index >= 15 is 0 Å². The molecule has 0 bridgehead atoms. The maximum Gasteiger partial charge on any atom is 0.277 e. The van der Waals surface area contributed by atoms with Crippen LogP contribution in [0.4, 0.5) is 17.5 Å². The summed E-state index contributed by atoms with van der Waals surface area (Å²) in [4.78, 5) is 17.6. The van der Waals surface area contributed by atoms with Crippen molar-refractivity contribution in [2.24, 2.45) is 0 Å². The molecule has 0 aliphatic carbocycles. The van der Waals surface area contributed by atoms with Gasteiger partial charge in [0.1, 0.15) is 5.69 Å². The van der Waals surface area contributed by atoms with E-state index in [0.29, 0.717) is 18.2 Å². The predicted octanol–water partition coefficient (Wildman–Crippen LogP) is -0.109. The van der Waals surface area contributed by atoms with E-state index < -0.39 is 0 Å². The number of fused-ring (bicyclic) bond motifs is 1. The van der Waals surface area contributed by atoms with Crippen LogP contribution in [0.5, 0.6) is 0 Å². The molecule has 0 aromatic carbocycles. The van der Waals surface area contributed by atoms with Crippen molar-refractivity contribution in [1.82, 2.24) is 9.97 Å². The number of nitrogen functional groups attached to an aromatic ring is 1. The van der Waals surface area contributed by atoms with Gasteiger partial charge in [-0.05, 0) is 0 Å². The van der Waals surface area contributed by atoms with Crippen LogP contribution in [0.25, 0.3) is 0 Å². The fourth-order valence-electron chi connectivity index (χ4n) is 1.04. The fraction of sp³-hybridized carbons (Fsp3) is 0.200. The van der Waals surface area contributed by atoms with E-state index in [0.717, 1.165) is 0 Å². The Morgan fingerprint density at radius 3 is 3.17 bits per heavy atom. The number of aromatic amines is 1. The molecule has 1 aromatic heterocycles. The van der Waals surface area contributed by atoms with E-state index in [1.54, 1.807) is 3.11 Å². The lowest BCUT2D eigenvalue weighted by Crippen LogP contribution is -2.13. The third-order valence-electron chi connectivity index (χ3n) is 1.54. The summed E-state index contributed by atoms with van der Waals surface area (Å²) in [6.45, 7) is 0.579. The lowest BCUT2D eigenvalue weighted by Gasteiger charge is -2.04. The molecule has 7 heteroatoms. The molecule has 4 N–H and O–H groups in total. The van der Waals surface area contributed by atoms with Gasteiger partial charge in [-0.3, -0.25) is 12.9 Å². The molecule has 2 heterocycles. The van der Waals surface area contributed by atoms with Crippen LogP contribution in [0.2, 0.25) is 0 Å². The standard InChI is InChI=1S/C5H6IN5O/c6-11-1-8-2-3(11)9-5(7)10-4(2)12/h8H,1H2,(H3,7,9,10,12). The van der Waals surface area contributed by atoms with Crippen LogP contribution >= 0.6 is 22.9 Å². The molecule has 1 aliphatic rings. The summed E-state index contributed by atoms with van der Waals surface area (Å²) in [5.41, 5.74) is 5.63. The third-order valence-corrected chi connectivity index (χ3v) is 2.34. The molecule has 0 saturated heterocycles. The molecule has 0 fully saturated rings. The first-order valence-corrected chi connectivity index (χ1v) is 4.22. The van der Waals surface area contributed by atoms with E-state index in [1.807, 2.05) is 0 Å². The van der Waals surface area contributed by atoms with Crippen LogP contribution in [0.15, 0.2) is 4.79 Å². The SMILES string of the molecule is Nc1nc2c(c(=O)[nH]1)NCN2I. The maximum absolute atomic E-state index is 11.2. The first-order chi connectivity index (χ1) is 5.68. The number of rotatable bonds is 0. The number of anilines is 3. The molecule has 1 aliphatic heterocycles. The Morgan fingerprint density at radius 2 is 2.42 bits per heavy atom. The van der Waals surface area contributed by atoms with Crippen LogP contribution in [0.1, 0.15) is 0 Å². The van der Waals surface area contributed by atoms with Crippen LogP contribution in [0.3, 0.4) is 0 Å². The Morgan fingerprint density at radius 1 is 1.67 bits per heavy atom. The molecule has 64 valence electrons. The number of nitrogens with zero attached hydrogens (tertiary/aromatic N) is 2. The average Bonchev–Trinajstić information content (AvgIpc) is 2.33. The first-order valence-electron chi connectivity index (χ1n) is 3.25. The van der Waals surface area contributed by atoms with E-state index in [-0.39, 0.29) is 11.5 Å². The number of hydrogen-bond donors (Lipinski definition) is 3. The molecule has 12 heavy (non-hydrogen) atoms. The van der Waals surface area contributed by atoms with Crippen LogP contribution in [-0.4, -0.2) is 16.6 Å². The molecule has 2 rings (SSSR count). The van der Waals surface area contributed by atoms with Crippen molar-refractivity contribution in [2.75, 3.05) is 20.8 Å². The average molecular weight is 279 g/mol. The number of halogens is 1. The maximum atomic E-state index is 11.2. The van der Waals surface area contributed by atoms with E-state index in [1.165, 1.54) is 0 Å². The first kappa shape index (κ1) is 7.65. The highest BCUT2D eigenvalue weighted by Crippen LogP contribution is 2.27. The highest BCUT2D eigenvalue weighted by Gasteiger charge is 2.21. The van der Waals surface area contributed by atoms with Gasteiger partial charge in [-0.25, -0.2) is 0 Å². The highest BCUT2D eigenvalue weighted by molar-refractivity contribution is 14.1. The topological polar surface area (TPSA) is 87.0 Å². The van der Waals surface area contributed by atoms with Gasteiger partial charge < -0.3 is 11.1 Å². The Labute approximate surface area is 81.7 Å². The smallest absolute Gasteiger partial charge is 0.277 e. The fourth-order valence-corrected chi connectivity index (χ4v) is 1.56. The summed E-state index contributed by atoms with van der Waals surface area (Å²) >= 11 is 2.06. The summed E-state index contributed by atoms with van der Waals surface area (Å²) in [7, 11) is 0. The van der Waals surface area contributed by atoms with Gasteiger partial charge in [-0.1, -0.05) is 0 Å². The van der Waals surface area contributed by atoms with Gasteiger partial charge in [0.25, 0.3) is 5.56 Å². The second-order valence-electron chi connectivity index (χ2n) is 2.35. The molecular formula is C5H6IN5O. The number of hydrogen-bond acceptors (Lipinski definition) is 5. The predicted molar refractivity (Wildman–Crippen MR) is 54.3 cm³/mol. The Hall–Kier alpha value is -0.990. The molecule has 0 unspecified atom stereocenters. The Balaban J connectivity index is 2.68. The van der Waals surface area contributed by atoms with Crippen molar-refractivity contribution in [3.05, 3.63) is 10.4 Å². The zero-order valence-electron chi connectivity index (χ0n) is 5.97. The quantitative estimate of drug-likeness (QED) is 0.455. The molecule has 0 radical (unpaired) electrons. The van der Waals surface area contributed by atoms with Crippen molar-refractivity contribution in [2.45, 2.75) is 0 Å². The molecule has 6 nitrogen and oxygen atoms in total. The molecule has 0 amide bonds. The van der Waals surface area contributed by atoms with Crippen molar-refractivity contribution >= 4 is 40.3 Å². The van der Waals surface area contributed by atoms with Crippen molar-refractivity contribution in [3.8, 4) is 0 Å². The van der Waals surface area contributed by atoms with Crippen LogP contribution in [-0.2, 0) is 0 Å². The van der Waals surface area contributed by atoms with Crippen LogP contribution in [0, 0.1) is 0 Å². The van der Waals surface area contributed by atoms with Gasteiger partial charge in [0.2, 0.25) is 5.95 Å². The summed E-state index contributed by atoms with van der Waals surface area (Å²) in [5.74, 6) is 0.737. The zero-order valence-corrected chi connectivity index (χ0v) is 8.12. The highest BCUT2D eigenvalue weighted by atomic mass is 127. The number of nitrogens with two attached hydrogens (primary N) is 1.